The molecule has 6 nitrogen and oxygen atoms in total. The van der Waals surface area contributed by atoms with Crippen LogP contribution in [0.1, 0.15) is 16.1 Å². The van der Waals surface area contributed by atoms with Gasteiger partial charge in [-0.25, -0.2) is 9.50 Å². The number of fused-ring (bicyclic) bond motifs is 1. The molecule has 0 fully saturated rings. The molecule has 0 aliphatic heterocycles. The van der Waals surface area contributed by atoms with Gasteiger partial charge in [0.2, 0.25) is 0 Å². The average Bonchev–Trinajstić information content (AvgIpc) is 2.90. The van der Waals surface area contributed by atoms with Crippen molar-refractivity contribution in [2.45, 2.75) is 6.92 Å². The molecule has 0 saturated heterocycles. The first kappa shape index (κ1) is 13.8. The van der Waals surface area contributed by atoms with Gasteiger partial charge in [0.25, 0.3) is 5.91 Å². The highest BCUT2D eigenvalue weighted by Crippen LogP contribution is 2.26. The summed E-state index contributed by atoms with van der Waals surface area (Å²) in [6.07, 6.45) is 4.57. The SMILES string of the molecule is Cc1c(Cl)nn2c(C(=O)Nc3ccncc3)cnc2c1Cl. The topological polar surface area (TPSA) is 72.2 Å². The van der Waals surface area contributed by atoms with Crippen molar-refractivity contribution in [1.29, 1.82) is 0 Å². The smallest absolute Gasteiger partial charge is 0.276 e. The molecule has 0 aliphatic carbocycles. The van der Waals surface area contributed by atoms with Crippen LogP contribution in [0, 0.1) is 6.92 Å². The van der Waals surface area contributed by atoms with E-state index in [0.29, 0.717) is 21.9 Å². The number of anilines is 1. The van der Waals surface area contributed by atoms with Crippen LogP contribution in [0.15, 0.2) is 30.7 Å². The first-order valence-electron chi connectivity index (χ1n) is 5.98. The third-order valence-corrected chi connectivity index (χ3v) is 3.74. The number of nitrogens with zero attached hydrogens (tertiary/aromatic N) is 4. The Hall–Kier alpha value is -2.18. The van der Waals surface area contributed by atoms with Gasteiger partial charge in [-0.1, -0.05) is 23.2 Å². The molecule has 1 N–H and O–H groups in total. The van der Waals surface area contributed by atoms with Gasteiger partial charge in [-0.2, -0.15) is 5.10 Å². The Morgan fingerprint density at radius 1 is 1.29 bits per heavy atom. The highest BCUT2D eigenvalue weighted by molar-refractivity contribution is 6.37. The summed E-state index contributed by atoms with van der Waals surface area (Å²) in [5.41, 5.74) is 1.87. The Morgan fingerprint density at radius 2 is 2.00 bits per heavy atom. The van der Waals surface area contributed by atoms with Crippen LogP contribution < -0.4 is 5.32 Å². The lowest BCUT2D eigenvalue weighted by molar-refractivity contribution is 0.102. The molecule has 0 unspecified atom stereocenters. The maximum Gasteiger partial charge on any atom is 0.276 e. The van der Waals surface area contributed by atoms with Crippen LogP contribution in [-0.4, -0.2) is 25.5 Å². The quantitative estimate of drug-likeness (QED) is 0.787. The molecule has 0 aromatic carbocycles. The van der Waals surface area contributed by atoms with Crippen molar-refractivity contribution in [3.8, 4) is 0 Å². The molecule has 21 heavy (non-hydrogen) atoms. The zero-order valence-electron chi connectivity index (χ0n) is 10.8. The number of nitrogens with one attached hydrogen (secondary N) is 1. The van der Waals surface area contributed by atoms with Crippen LogP contribution in [-0.2, 0) is 0 Å². The van der Waals surface area contributed by atoms with E-state index >= 15 is 0 Å². The summed E-state index contributed by atoms with van der Waals surface area (Å²) in [6, 6.07) is 3.36. The van der Waals surface area contributed by atoms with E-state index in [-0.39, 0.29) is 16.8 Å². The molecule has 106 valence electrons. The molecule has 0 atom stereocenters. The minimum absolute atomic E-state index is 0.225. The van der Waals surface area contributed by atoms with E-state index in [4.69, 9.17) is 23.2 Å². The number of carbonyl (C=O) groups is 1. The Balaban J connectivity index is 2.03. The second-order valence-corrected chi connectivity index (χ2v) is 5.03. The van der Waals surface area contributed by atoms with Gasteiger partial charge in [-0.3, -0.25) is 9.78 Å². The fourth-order valence-corrected chi connectivity index (χ4v) is 2.24. The van der Waals surface area contributed by atoms with Crippen LogP contribution in [0.4, 0.5) is 5.69 Å². The van der Waals surface area contributed by atoms with Crippen molar-refractivity contribution < 1.29 is 4.79 Å². The van der Waals surface area contributed by atoms with Crippen molar-refractivity contribution in [2.24, 2.45) is 0 Å². The van der Waals surface area contributed by atoms with Crippen LogP contribution in [0.5, 0.6) is 0 Å². The predicted molar refractivity (Wildman–Crippen MR) is 79.9 cm³/mol. The van der Waals surface area contributed by atoms with Crippen LogP contribution >= 0.6 is 23.2 Å². The summed E-state index contributed by atoms with van der Waals surface area (Å²) in [6.45, 7) is 1.74. The van der Waals surface area contributed by atoms with E-state index in [9.17, 15) is 4.79 Å². The summed E-state index contributed by atoms with van der Waals surface area (Å²) in [5, 5.41) is 7.44. The highest BCUT2D eigenvalue weighted by Gasteiger charge is 2.18. The standard InChI is InChI=1S/C13H9Cl2N5O/c1-7-10(14)12-17-6-9(20(12)19-11(7)15)13(21)18-8-2-4-16-5-3-8/h2-6H,1H3,(H,16,18,21). The number of carbonyl (C=O) groups excluding carboxylic acids is 1. The molecule has 8 heteroatoms. The van der Waals surface area contributed by atoms with E-state index in [1.807, 2.05) is 0 Å². The number of halogens is 2. The number of amides is 1. The first-order valence-corrected chi connectivity index (χ1v) is 6.74. The van der Waals surface area contributed by atoms with Gasteiger partial charge in [0, 0.05) is 23.6 Å². The van der Waals surface area contributed by atoms with Crippen LogP contribution in [0.25, 0.3) is 5.65 Å². The minimum Gasteiger partial charge on any atom is -0.320 e. The van der Waals surface area contributed by atoms with E-state index in [1.54, 1.807) is 31.5 Å². The Labute approximate surface area is 129 Å². The zero-order valence-corrected chi connectivity index (χ0v) is 12.4. The second kappa shape index (κ2) is 5.31. The molecule has 0 radical (unpaired) electrons. The van der Waals surface area contributed by atoms with Crippen LogP contribution in [0.2, 0.25) is 10.2 Å². The second-order valence-electron chi connectivity index (χ2n) is 4.30. The maximum atomic E-state index is 12.3. The van der Waals surface area contributed by atoms with Crippen molar-refractivity contribution >= 4 is 40.4 Å². The molecule has 3 heterocycles. The summed E-state index contributed by atoms with van der Waals surface area (Å²) < 4.78 is 1.33. The summed E-state index contributed by atoms with van der Waals surface area (Å²) in [7, 11) is 0. The van der Waals surface area contributed by atoms with Gasteiger partial charge in [0.1, 0.15) is 0 Å². The molecular formula is C13H9Cl2N5O. The monoisotopic (exact) mass is 321 g/mol. The molecule has 0 bridgehead atoms. The van der Waals surface area contributed by atoms with E-state index in [2.05, 4.69) is 20.4 Å². The van der Waals surface area contributed by atoms with Gasteiger partial charge in [0.15, 0.2) is 16.5 Å². The summed E-state index contributed by atoms with van der Waals surface area (Å²) >= 11 is 12.2. The van der Waals surface area contributed by atoms with E-state index < -0.39 is 0 Å². The third-order valence-electron chi connectivity index (χ3n) is 2.93. The Bertz CT molecular complexity index is 831. The molecule has 3 aromatic rings. The van der Waals surface area contributed by atoms with Gasteiger partial charge in [0.05, 0.1) is 11.2 Å². The van der Waals surface area contributed by atoms with E-state index in [1.165, 1.54) is 10.7 Å². The lowest BCUT2D eigenvalue weighted by atomic mass is 10.3. The minimum atomic E-state index is -0.364. The fourth-order valence-electron chi connectivity index (χ4n) is 1.80. The lowest BCUT2D eigenvalue weighted by Crippen LogP contribution is -2.15. The Morgan fingerprint density at radius 3 is 2.71 bits per heavy atom. The van der Waals surface area contributed by atoms with Gasteiger partial charge in [-0.15, -0.1) is 0 Å². The summed E-state index contributed by atoms with van der Waals surface area (Å²) in [4.78, 5) is 20.3. The lowest BCUT2D eigenvalue weighted by Gasteiger charge is -2.06. The zero-order chi connectivity index (χ0) is 15.0. The van der Waals surface area contributed by atoms with Crippen molar-refractivity contribution in [3.63, 3.8) is 0 Å². The molecule has 0 spiro atoms. The van der Waals surface area contributed by atoms with E-state index in [0.717, 1.165) is 0 Å². The third kappa shape index (κ3) is 2.43. The summed E-state index contributed by atoms with van der Waals surface area (Å²) in [5.74, 6) is -0.364. The number of hydrogen-bond donors (Lipinski definition) is 1. The van der Waals surface area contributed by atoms with Crippen molar-refractivity contribution in [1.82, 2.24) is 19.6 Å². The largest absolute Gasteiger partial charge is 0.320 e. The molecule has 3 aromatic heterocycles. The number of imidazole rings is 1. The average molecular weight is 322 g/mol. The van der Waals surface area contributed by atoms with Gasteiger partial charge >= 0.3 is 0 Å². The number of aromatic nitrogens is 4. The number of pyridine rings is 1. The van der Waals surface area contributed by atoms with Gasteiger partial charge in [-0.05, 0) is 19.1 Å². The molecule has 0 aliphatic rings. The normalized spacial score (nSPS) is 10.8. The molecule has 0 saturated carbocycles. The fraction of sp³-hybridized carbons (Fsp3) is 0.0769. The first-order chi connectivity index (χ1) is 10.1. The molecular weight excluding hydrogens is 313 g/mol. The Kier molecular flexibility index (Phi) is 3.48. The van der Waals surface area contributed by atoms with Crippen molar-refractivity contribution in [2.75, 3.05) is 5.32 Å². The highest BCUT2D eigenvalue weighted by atomic mass is 35.5. The van der Waals surface area contributed by atoms with Crippen LogP contribution in [0.3, 0.4) is 0 Å². The number of rotatable bonds is 2. The predicted octanol–water partition coefficient (Wildman–Crippen LogP) is 2.99. The van der Waals surface area contributed by atoms with Gasteiger partial charge < -0.3 is 5.32 Å². The maximum absolute atomic E-state index is 12.3. The molecule has 3 rings (SSSR count). The number of hydrogen-bond acceptors (Lipinski definition) is 4. The molecule has 1 amide bonds. The van der Waals surface area contributed by atoms with Crippen molar-refractivity contribution in [3.05, 3.63) is 52.2 Å².